The minimum Gasteiger partial charge on any atom is -0.494 e. The molecule has 0 atom stereocenters. The summed E-state index contributed by atoms with van der Waals surface area (Å²) in [5.74, 6) is -0.882. The van der Waals surface area contributed by atoms with Gasteiger partial charge in [0.2, 0.25) is 11.8 Å². The molecule has 0 spiro atoms. The minimum absolute atomic E-state index is 0.0188. The molecule has 0 aliphatic carbocycles. The highest BCUT2D eigenvalue weighted by Crippen LogP contribution is 2.36. The number of nitriles is 1. The molecule has 9 heteroatoms. The van der Waals surface area contributed by atoms with Crippen LogP contribution >= 0.6 is 0 Å². The molecule has 0 bridgehead atoms. The summed E-state index contributed by atoms with van der Waals surface area (Å²) in [6.45, 7) is 0.384. The molecule has 0 aliphatic rings. The summed E-state index contributed by atoms with van der Waals surface area (Å²) >= 11 is 0. The van der Waals surface area contributed by atoms with Gasteiger partial charge in [-0.2, -0.15) is 10.4 Å². The van der Waals surface area contributed by atoms with Crippen LogP contribution in [0.4, 0.5) is 4.39 Å². The van der Waals surface area contributed by atoms with Crippen molar-refractivity contribution in [3.63, 3.8) is 0 Å². The molecule has 0 fully saturated rings. The van der Waals surface area contributed by atoms with Crippen LogP contribution in [-0.4, -0.2) is 29.4 Å². The molecular formula is C24H17FN6O2. The van der Waals surface area contributed by atoms with E-state index in [2.05, 4.69) is 15.1 Å². The van der Waals surface area contributed by atoms with Crippen LogP contribution in [0.15, 0.2) is 67.3 Å². The second kappa shape index (κ2) is 8.09. The summed E-state index contributed by atoms with van der Waals surface area (Å²) in [5, 5.41) is 24.4. The van der Waals surface area contributed by atoms with Crippen molar-refractivity contribution in [2.75, 3.05) is 0 Å². The highest BCUT2D eigenvalue weighted by atomic mass is 19.1. The summed E-state index contributed by atoms with van der Waals surface area (Å²) in [5.41, 5.74) is 3.46. The maximum Gasteiger partial charge on any atom is 0.235 e. The minimum atomic E-state index is -0.701. The maximum absolute atomic E-state index is 14.3. The summed E-state index contributed by atoms with van der Waals surface area (Å²) in [7, 11) is 1.87. The van der Waals surface area contributed by atoms with Gasteiger partial charge in [-0.1, -0.05) is 24.3 Å². The highest BCUT2D eigenvalue weighted by Gasteiger charge is 2.18. The number of fused-ring (bicyclic) bond motifs is 1. The SMILES string of the molecule is Cn1ccc(-c2ccc(Cn3cc4ncnc(Oc5ccc(C#N)cc5F)c4c3O)cc2)n1. The van der Waals surface area contributed by atoms with Crippen molar-refractivity contribution in [3.8, 4) is 34.8 Å². The van der Waals surface area contributed by atoms with E-state index in [9.17, 15) is 9.50 Å². The highest BCUT2D eigenvalue weighted by molar-refractivity contribution is 5.89. The van der Waals surface area contributed by atoms with Crippen molar-refractivity contribution in [2.24, 2.45) is 7.05 Å². The first kappa shape index (κ1) is 20.2. The fraction of sp³-hybridized carbons (Fsp3) is 0.0833. The maximum atomic E-state index is 14.3. The fourth-order valence-electron chi connectivity index (χ4n) is 3.54. The van der Waals surface area contributed by atoms with Gasteiger partial charge in [-0.15, -0.1) is 0 Å². The zero-order valence-corrected chi connectivity index (χ0v) is 17.5. The Hall–Kier alpha value is -4.71. The van der Waals surface area contributed by atoms with Crippen LogP contribution in [0.1, 0.15) is 11.1 Å². The van der Waals surface area contributed by atoms with E-state index in [0.717, 1.165) is 22.9 Å². The molecule has 33 heavy (non-hydrogen) atoms. The number of aryl methyl sites for hydroxylation is 1. The number of halogens is 1. The molecule has 5 rings (SSSR count). The van der Waals surface area contributed by atoms with Crippen LogP contribution < -0.4 is 4.74 Å². The summed E-state index contributed by atoms with van der Waals surface area (Å²) in [6, 6.07) is 15.5. The van der Waals surface area contributed by atoms with Gasteiger partial charge in [0.25, 0.3) is 0 Å². The number of benzene rings is 2. The Morgan fingerprint density at radius 2 is 1.94 bits per heavy atom. The molecule has 0 saturated carbocycles. The summed E-state index contributed by atoms with van der Waals surface area (Å²) in [6.07, 6.45) is 4.85. The van der Waals surface area contributed by atoms with Crippen LogP contribution in [0.5, 0.6) is 17.5 Å². The zero-order chi connectivity index (χ0) is 22.9. The monoisotopic (exact) mass is 440 g/mol. The first-order valence-electron chi connectivity index (χ1n) is 10.0. The smallest absolute Gasteiger partial charge is 0.235 e. The molecule has 0 unspecified atom stereocenters. The molecule has 5 aromatic rings. The van der Waals surface area contributed by atoms with Gasteiger partial charge in [0.05, 0.1) is 29.4 Å². The number of aromatic nitrogens is 5. The van der Waals surface area contributed by atoms with Gasteiger partial charge in [0.15, 0.2) is 11.6 Å². The van der Waals surface area contributed by atoms with Crippen LogP contribution in [-0.2, 0) is 13.6 Å². The topological polar surface area (TPSA) is 102 Å². The van der Waals surface area contributed by atoms with E-state index in [1.54, 1.807) is 15.4 Å². The lowest BCUT2D eigenvalue weighted by molar-refractivity contribution is 0.415. The Labute approximate surface area is 187 Å². The third-order valence-corrected chi connectivity index (χ3v) is 5.20. The standard InChI is InChI=1S/C24H17FN6O2/c1-30-9-8-19(29-30)17-5-2-15(3-6-17)12-31-13-20-22(24(31)32)23(28-14-27-20)33-21-7-4-16(11-26)10-18(21)25/h2-10,13-14,32H,12H2,1H3. The van der Waals surface area contributed by atoms with E-state index in [-0.39, 0.29) is 28.5 Å². The first-order valence-corrected chi connectivity index (χ1v) is 10.0. The van der Waals surface area contributed by atoms with Crippen molar-refractivity contribution >= 4 is 10.9 Å². The Morgan fingerprint density at radius 3 is 2.64 bits per heavy atom. The molecule has 0 saturated heterocycles. The number of aromatic hydroxyl groups is 1. The molecule has 162 valence electrons. The average molecular weight is 440 g/mol. The number of rotatable bonds is 5. The molecule has 2 aromatic carbocycles. The van der Waals surface area contributed by atoms with E-state index in [0.29, 0.717) is 12.1 Å². The molecule has 8 nitrogen and oxygen atoms in total. The molecule has 3 aromatic heterocycles. The number of hydrogen-bond acceptors (Lipinski definition) is 6. The lowest BCUT2D eigenvalue weighted by Crippen LogP contribution is -1.97. The Morgan fingerprint density at radius 1 is 1.12 bits per heavy atom. The van der Waals surface area contributed by atoms with E-state index < -0.39 is 5.82 Å². The lowest BCUT2D eigenvalue weighted by atomic mass is 10.1. The van der Waals surface area contributed by atoms with Crippen molar-refractivity contribution in [3.05, 3.63) is 84.2 Å². The van der Waals surface area contributed by atoms with Gasteiger partial charge < -0.3 is 14.4 Å². The largest absolute Gasteiger partial charge is 0.494 e. The third kappa shape index (κ3) is 3.85. The third-order valence-electron chi connectivity index (χ3n) is 5.20. The molecule has 0 amide bonds. The van der Waals surface area contributed by atoms with Crippen LogP contribution in [0.3, 0.4) is 0 Å². The molecule has 0 radical (unpaired) electrons. The number of nitrogens with zero attached hydrogens (tertiary/aromatic N) is 6. The van der Waals surface area contributed by atoms with E-state index in [4.69, 9.17) is 10.00 Å². The second-order valence-electron chi connectivity index (χ2n) is 7.45. The normalized spacial score (nSPS) is 10.9. The van der Waals surface area contributed by atoms with Gasteiger partial charge in [0, 0.05) is 25.0 Å². The number of ether oxygens (including phenoxy) is 1. The number of hydrogen-bond donors (Lipinski definition) is 1. The Bertz CT molecular complexity index is 1510. The molecule has 1 N–H and O–H groups in total. The van der Waals surface area contributed by atoms with Crippen molar-refractivity contribution < 1.29 is 14.2 Å². The van der Waals surface area contributed by atoms with Crippen LogP contribution in [0.25, 0.3) is 22.2 Å². The Balaban J connectivity index is 1.44. The summed E-state index contributed by atoms with van der Waals surface area (Å²) < 4.78 is 23.3. The van der Waals surface area contributed by atoms with Gasteiger partial charge in [0.1, 0.15) is 11.7 Å². The second-order valence-corrected chi connectivity index (χ2v) is 7.45. The lowest BCUT2D eigenvalue weighted by Gasteiger charge is -2.08. The Kier molecular flexibility index (Phi) is 4.95. The van der Waals surface area contributed by atoms with Crippen LogP contribution in [0.2, 0.25) is 0 Å². The molecule has 3 heterocycles. The van der Waals surface area contributed by atoms with E-state index >= 15 is 0 Å². The fourth-order valence-corrected chi connectivity index (χ4v) is 3.54. The van der Waals surface area contributed by atoms with E-state index in [1.165, 1.54) is 18.5 Å². The molecule has 0 aliphatic heterocycles. The predicted molar refractivity (Wildman–Crippen MR) is 118 cm³/mol. The van der Waals surface area contributed by atoms with Gasteiger partial charge >= 0.3 is 0 Å². The predicted octanol–water partition coefficient (Wildman–Crippen LogP) is 4.39. The van der Waals surface area contributed by atoms with Crippen molar-refractivity contribution in [1.29, 1.82) is 5.26 Å². The van der Waals surface area contributed by atoms with Gasteiger partial charge in [-0.05, 0) is 29.8 Å². The van der Waals surface area contributed by atoms with Crippen molar-refractivity contribution in [1.82, 2.24) is 24.3 Å². The summed E-state index contributed by atoms with van der Waals surface area (Å²) in [4.78, 5) is 8.26. The van der Waals surface area contributed by atoms with Gasteiger partial charge in [-0.3, -0.25) is 4.68 Å². The van der Waals surface area contributed by atoms with E-state index in [1.807, 2.05) is 49.6 Å². The first-order chi connectivity index (χ1) is 16.0. The average Bonchev–Trinajstić information content (AvgIpc) is 3.39. The van der Waals surface area contributed by atoms with Crippen LogP contribution in [0, 0.1) is 17.1 Å². The molecular weight excluding hydrogens is 423 g/mol. The van der Waals surface area contributed by atoms with Gasteiger partial charge in [-0.25, -0.2) is 14.4 Å². The zero-order valence-electron chi connectivity index (χ0n) is 17.5. The van der Waals surface area contributed by atoms with Crippen molar-refractivity contribution in [2.45, 2.75) is 6.54 Å². The quantitative estimate of drug-likeness (QED) is 0.435.